The van der Waals surface area contributed by atoms with Crippen LogP contribution in [0.1, 0.15) is 55.7 Å². The van der Waals surface area contributed by atoms with Crippen LogP contribution >= 0.6 is 11.6 Å². The molecule has 0 bridgehead atoms. The molecule has 0 spiro atoms. The monoisotopic (exact) mass is 595 g/mol. The molecule has 2 amide bonds. The minimum absolute atomic E-state index is 0.0629. The normalized spacial score (nSPS) is 14.7. The molecule has 41 heavy (non-hydrogen) atoms. The molecular weight excluding hydrogens is 558 g/mol. The fourth-order valence-electron chi connectivity index (χ4n) is 5.13. The van der Waals surface area contributed by atoms with Crippen LogP contribution in [0.2, 0.25) is 5.02 Å². The SMILES string of the molecule is Cc1ccc(S(=O)(=O)N(CC(=O)N(Cc2ccccc2)C(C)C(=O)NC2CCCCC2)c2cc(Cl)ccc2C)cc1. The van der Waals surface area contributed by atoms with Crippen molar-refractivity contribution in [2.45, 2.75) is 76.4 Å². The number of rotatable bonds is 10. The van der Waals surface area contributed by atoms with Crippen LogP contribution in [0.15, 0.2) is 77.7 Å². The molecule has 0 saturated heterocycles. The van der Waals surface area contributed by atoms with E-state index in [9.17, 15) is 18.0 Å². The molecule has 0 heterocycles. The topological polar surface area (TPSA) is 86.8 Å². The summed E-state index contributed by atoms with van der Waals surface area (Å²) in [6.45, 7) is 5.01. The van der Waals surface area contributed by atoms with E-state index in [-0.39, 0.29) is 23.4 Å². The fourth-order valence-corrected chi connectivity index (χ4v) is 6.77. The van der Waals surface area contributed by atoms with E-state index in [0.717, 1.165) is 47.5 Å². The lowest BCUT2D eigenvalue weighted by atomic mass is 9.95. The molecule has 3 aromatic rings. The number of nitrogens with one attached hydrogen (secondary N) is 1. The Bertz CT molecular complexity index is 1460. The first-order valence-electron chi connectivity index (χ1n) is 14.1. The van der Waals surface area contributed by atoms with Crippen LogP contribution in [0.5, 0.6) is 0 Å². The van der Waals surface area contributed by atoms with Crippen molar-refractivity contribution >= 4 is 39.1 Å². The van der Waals surface area contributed by atoms with Crippen molar-refractivity contribution in [1.29, 1.82) is 0 Å². The number of carbonyl (C=O) groups excluding carboxylic acids is 2. The third-order valence-electron chi connectivity index (χ3n) is 7.64. The maximum atomic E-state index is 14.1. The Morgan fingerprint density at radius 1 is 0.951 bits per heavy atom. The fraction of sp³-hybridized carbons (Fsp3) is 0.375. The molecule has 1 unspecified atom stereocenters. The molecule has 9 heteroatoms. The Hall–Kier alpha value is -3.36. The summed E-state index contributed by atoms with van der Waals surface area (Å²) >= 11 is 6.30. The number of nitrogens with zero attached hydrogens (tertiary/aromatic N) is 2. The van der Waals surface area contributed by atoms with Gasteiger partial charge in [-0.15, -0.1) is 0 Å². The summed E-state index contributed by atoms with van der Waals surface area (Å²) in [4.78, 5) is 29.0. The zero-order chi connectivity index (χ0) is 29.6. The lowest BCUT2D eigenvalue weighted by Crippen LogP contribution is -2.53. The smallest absolute Gasteiger partial charge is 0.264 e. The van der Waals surface area contributed by atoms with E-state index in [1.165, 1.54) is 17.0 Å². The lowest BCUT2D eigenvalue weighted by molar-refractivity contribution is -0.139. The van der Waals surface area contributed by atoms with Gasteiger partial charge in [0.05, 0.1) is 10.6 Å². The van der Waals surface area contributed by atoms with Gasteiger partial charge in [-0.05, 0) is 69.0 Å². The number of hydrogen-bond acceptors (Lipinski definition) is 4. The van der Waals surface area contributed by atoms with Gasteiger partial charge in [0.2, 0.25) is 11.8 Å². The molecule has 1 aliphatic carbocycles. The summed E-state index contributed by atoms with van der Waals surface area (Å²) in [5.74, 6) is -0.733. The zero-order valence-electron chi connectivity index (χ0n) is 23.8. The van der Waals surface area contributed by atoms with Gasteiger partial charge in [-0.1, -0.05) is 85.0 Å². The van der Waals surface area contributed by atoms with E-state index in [0.29, 0.717) is 16.3 Å². The predicted octanol–water partition coefficient (Wildman–Crippen LogP) is 6.02. The van der Waals surface area contributed by atoms with Gasteiger partial charge < -0.3 is 10.2 Å². The van der Waals surface area contributed by atoms with Crippen molar-refractivity contribution in [2.75, 3.05) is 10.8 Å². The van der Waals surface area contributed by atoms with E-state index in [1.54, 1.807) is 44.2 Å². The molecular formula is C32H38ClN3O4S. The third-order valence-corrected chi connectivity index (χ3v) is 9.65. The molecule has 0 aliphatic heterocycles. The first kappa shape index (κ1) is 30.6. The minimum Gasteiger partial charge on any atom is -0.352 e. The number of amides is 2. The molecule has 3 aromatic carbocycles. The summed E-state index contributed by atoms with van der Waals surface area (Å²) in [7, 11) is -4.15. The van der Waals surface area contributed by atoms with Gasteiger partial charge >= 0.3 is 0 Å². The van der Waals surface area contributed by atoms with Crippen LogP contribution in [0.4, 0.5) is 5.69 Å². The maximum Gasteiger partial charge on any atom is 0.264 e. The quantitative estimate of drug-likeness (QED) is 0.311. The van der Waals surface area contributed by atoms with Crippen LogP contribution in [0.3, 0.4) is 0 Å². The Labute approximate surface area is 248 Å². The van der Waals surface area contributed by atoms with Crippen molar-refractivity contribution in [3.05, 3.63) is 94.5 Å². The highest BCUT2D eigenvalue weighted by Gasteiger charge is 2.33. The molecule has 1 N–H and O–H groups in total. The number of sulfonamides is 1. The summed E-state index contributed by atoms with van der Waals surface area (Å²) in [6, 6.07) is 20.1. The van der Waals surface area contributed by atoms with Gasteiger partial charge in [0.1, 0.15) is 12.6 Å². The Morgan fingerprint density at radius 2 is 1.61 bits per heavy atom. The highest BCUT2D eigenvalue weighted by atomic mass is 35.5. The second-order valence-corrected chi connectivity index (χ2v) is 13.1. The van der Waals surface area contributed by atoms with Crippen molar-refractivity contribution in [3.8, 4) is 0 Å². The molecule has 218 valence electrons. The van der Waals surface area contributed by atoms with Crippen LogP contribution < -0.4 is 9.62 Å². The first-order chi connectivity index (χ1) is 19.6. The van der Waals surface area contributed by atoms with Crippen molar-refractivity contribution in [2.24, 2.45) is 0 Å². The van der Waals surface area contributed by atoms with Gasteiger partial charge in [0.15, 0.2) is 0 Å². The van der Waals surface area contributed by atoms with Gasteiger partial charge in [-0.2, -0.15) is 0 Å². The molecule has 1 atom stereocenters. The number of anilines is 1. The lowest BCUT2D eigenvalue weighted by Gasteiger charge is -2.33. The van der Waals surface area contributed by atoms with Gasteiger partial charge in [-0.25, -0.2) is 8.42 Å². The van der Waals surface area contributed by atoms with Crippen LogP contribution in [0, 0.1) is 13.8 Å². The summed E-state index contributed by atoms with van der Waals surface area (Å²) < 4.78 is 29.1. The second-order valence-electron chi connectivity index (χ2n) is 10.8. The predicted molar refractivity (Wildman–Crippen MR) is 163 cm³/mol. The van der Waals surface area contributed by atoms with Gasteiger partial charge in [-0.3, -0.25) is 13.9 Å². The van der Waals surface area contributed by atoms with Crippen LogP contribution in [-0.4, -0.2) is 43.8 Å². The van der Waals surface area contributed by atoms with E-state index < -0.39 is 28.5 Å². The largest absolute Gasteiger partial charge is 0.352 e. The number of benzene rings is 3. The summed E-state index contributed by atoms with van der Waals surface area (Å²) in [6.07, 6.45) is 5.13. The zero-order valence-corrected chi connectivity index (χ0v) is 25.4. The number of halogens is 1. The molecule has 0 radical (unpaired) electrons. The molecule has 7 nitrogen and oxygen atoms in total. The summed E-state index contributed by atoms with van der Waals surface area (Å²) in [5.41, 5.74) is 2.71. The van der Waals surface area contributed by atoms with Crippen molar-refractivity contribution in [3.63, 3.8) is 0 Å². The number of aryl methyl sites for hydroxylation is 2. The van der Waals surface area contributed by atoms with Crippen molar-refractivity contribution in [1.82, 2.24) is 10.2 Å². The van der Waals surface area contributed by atoms with E-state index >= 15 is 0 Å². The Balaban J connectivity index is 1.69. The highest BCUT2D eigenvalue weighted by Crippen LogP contribution is 2.30. The number of hydrogen-bond donors (Lipinski definition) is 1. The van der Waals surface area contributed by atoms with E-state index in [1.807, 2.05) is 37.3 Å². The molecule has 1 saturated carbocycles. The van der Waals surface area contributed by atoms with Gasteiger partial charge in [0, 0.05) is 17.6 Å². The van der Waals surface area contributed by atoms with E-state index in [4.69, 9.17) is 11.6 Å². The van der Waals surface area contributed by atoms with Gasteiger partial charge in [0.25, 0.3) is 10.0 Å². The summed E-state index contributed by atoms with van der Waals surface area (Å²) in [5, 5.41) is 3.47. The number of carbonyl (C=O) groups is 2. The average Bonchev–Trinajstić information content (AvgIpc) is 2.96. The molecule has 4 rings (SSSR count). The maximum absolute atomic E-state index is 14.1. The molecule has 1 fully saturated rings. The van der Waals surface area contributed by atoms with Crippen LogP contribution in [-0.2, 0) is 26.2 Å². The Kier molecular flexibility index (Phi) is 10.1. The minimum atomic E-state index is -4.15. The average molecular weight is 596 g/mol. The standard InChI is InChI=1S/C32H38ClN3O4S/c1-23-14-18-29(19-15-23)41(39,40)36(30-20-27(33)17-16-24(30)2)22-31(37)35(21-26-10-6-4-7-11-26)25(3)32(38)34-28-12-8-5-9-13-28/h4,6-7,10-11,14-20,25,28H,5,8-9,12-13,21-22H2,1-3H3,(H,34,38). The Morgan fingerprint density at radius 3 is 2.27 bits per heavy atom. The first-order valence-corrected chi connectivity index (χ1v) is 15.9. The highest BCUT2D eigenvalue weighted by molar-refractivity contribution is 7.92. The molecule has 0 aromatic heterocycles. The molecule has 1 aliphatic rings. The van der Waals surface area contributed by atoms with Crippen LogP contribution in [0.25, 0.3) is 0 Å². The van der Waals surface area contributed by atoms with Crippen molar-refractivity contribution < 1.29 is 18.0 Å². The second kappa shape index (κ2) is 13.5. The third kappa shape index (κ3) is 7.68. The van der Waals surface area contributed by atoms with E-state index in [2.05, 4.69) is 5.32 Å².